The van der Waals surface area contributed by atoms with Crippen LogP contribution in [0.15, 0.2) is 24.3 Å². The van der Waals surface area contributed by atoms with Gasteiger partial charge >= 0.3 is 0 Å². The van der Waals surface area contributed by atoms with E-state index in [4.69, 9.17) is 4.74 Å². The van der Waals surface area contributed by atoms with Gasteiger partial charge in [-0.05, 0) is 37.1 Å². The van der Waals surface area contributed by atoms with Gasteiger partial charge < -0.3 is 10.1 Å². The predicted molar refractivity (Wildman–Crippen MR) is 57.6 cm³/mol. The number of hydrogen-bond acceptors (Lipinski definition) is 2. The van der Waals surface area contributed by atoms with Crippen LogP contribution in [0.3, 0.4) is 0 Å². The lowest BCUT2D eigenvalue weighted by molar-refractivity contribution is -0.122. The minimum atomic E-state index is -0.283. The molecule has 0 aliphatic heterocycles. The molecule has 1 aliphatic carbocycles. The molecule has 0 atom stereocenters. The molecule has 0 bridgehead atoms. The van der Waals surface area contributed by atoms with Crippen LogP contribution in [0, 0.1) is 11.7 Å². The molecule has 3 nitrogen and oxygen atoms in total. The first-order valence-corrected chi connectivity index (χ1v) is 5.42. The Morgan fingerprint density at radius 2 is 2.06 bits per heavy atom. The first-order valence-electron chi connectivity index (χ1n) is 5.42. The molecule has 1 aromatic rings. The molecule has 0 aromatic heterocycles. The Hall–Kier alpha value is -1.58. The van der Waals surface area contributed by atoms with Crippen LogP contribution in [-0.2, 0) is 4.79 Å². The topological polar surface area (TPSA) is 38.3 Å². The molecule has 1 fully saturated rings. The second-order valence-corrected chi connectivity index (χ2v) is 3.87. The first-order chi connectivity index (χ1) is 7.75. The van der Waals surface area contributed by atoms with E-state index in [-0.39, 0.29) is 17.6 Å². The van der Waals surface area contributed by atoms with Crippen molar-refractivity contribution >= 4 is 5.91 Å². The number of halogens is 1. The van der Waals surface area contributed by atoms with Gasteiger partial charge in [0, 0.05) is 5.92 Å². The third-order valence-corrected chi connectivity index (χ3v) is 2.43. The molecule has 0 heterocycles. The highest BCUT2D eigenvalue weighted by Gasteiger charge is 2.28. The van der Waals surface area contributed by atoms with Crippen LogP contribution in [0.25, 0.3) is 0 Å². The summed E-state index contributed by atoms with van der Waals surface area (Å²) in [6, 6.07) is 5.83. The molecule has 4 heteroatoms. The zero-order chi connectivity index (χ0) is 11.4. The lowest BCUT2D eigenvalue weighted by Gasteiger charge is -2.07. The summed E-state index contributed by atoms with van der Waals surface area (Å²) >= 11 is 0. The zero-order valence-corrected chi connectivity index (χ0v) is 8.91. The van der Waals surface area contributed by atoms with Crippen molar-refractivity contribution in [2.24, 2.45) is 5.92 Å². The van der Waals surface area contributed by atoms with Crippen molar-refractivity contribution in [1.82, 2.24) is 5.32 Å². The Labute approximate surface area is 93.6 Å². The van der Waals surface area contributed by atoms with Crippen molar-refractivity contribution in [3.63, 3.8) is 0 Å². The average molecular weight is 223 g/mol. The summed E-state index contributed by atoms with van der Waals surface area (Å²) in [5, 5.41) is 2.79. The highest BCUT2D eigenvalue weighted by molar-refractivity contribution is 5.80. The maximum absolute atomic E-state index is 12.6. The molecular formula is C12H14FNO2. The van der Waals surface area contributed by atoms with Gasteiger partial charge in [0.15, 0.2) is 0 Å². The van der Waals surface area contributed by atoms with Gasteiger partial charge in [-0.15, -0.1) is 0 Å². The number of carbonyl (C=O) groups excluding carboxylic acids is 1. The Bertz CT molecular complexity index is 360. The number of amides is 1. The lowest BCUT2D eigenvalue weighted by atomic mass is 10.3. The highest BCUT2D eigenvalue weighted by atomic mass is 19.1. The van der Waals surface area contributed by atoms with E-state index in [0.717, 1.165) is 12.8 Å². The third kappa shape index (κ3) is 3.22. The minimum absolute atomic E-state index is 0.114. The number of hydrogen-bond donors (Lipinski definition) is 1. The van der Waals surface area contributed by atoms with E-state index in [0.29, 0.717) is 18.9 Å². The second-order valence-electron chi connectivity index (χ2n) is 3.87. The SMILES string of the molecule is O=C(NCCOc1ccc(F)cc1)C1CC1. The summed E-state index contributed by atoms with van der Waals surface area (Å²) < 4.78 is 17.9. The van der Waals surface area contributed by atoms with Gasteiger partial charge in [-0.3, -0.25) is 4.79 Å². The molecule has 0 spiro atoms. The van der Waals surface area contributed by atoms with E-state index >= 15 is 0 Å². The maximum atomic E-state index is 12.6. The molecule has 16 heavy (non-hydrogen) atoms. The van der Waals surface area contributed by atoms with Crippen molar-refractivity contribution in [3.05, 3.63) is 30.1 Å². The fourth-order valence-electron chi connectivity index (χ4n) is 1.36. The molecule has 1 amide bonds. The van der Waals surface area contributed by atoms with Gasteiger partial charge in [0.05, 0.1) is 6.54 Å². The molecule has 0 radical (unpaired) electrons. The minimum Gasteiger partial charge on any atom is -0.492 e. The van der Waals surface area contributed by atoms with Crippen LogP contribution < -0.4 is 10.1 Å². The van der Waals surface area contributed by atoms with Crippen LogP contribution in [-0.4, -0.2) is 19.1 Å². The van der Waals surface area contributed by atoms with Gasteiger partial charge in [0.1, 0.15) is 18.2 Å². The van der Waals surface area contributed by atoms with Crippen LogP contribution in [0.2, 0.25) is 0 Å². The molecule has 86 valence electrons. The number of rotatable bonds is 5. The zero-order valence-electron chi connectivity index (χ0n) is 8.91. The van der Waals surface area contributed by atoms with Gasteiger partial charge in [0.25, 0.3) is 0 Å². The van der Waals surface area contributed by atoms with Gasteiger partial charge in [-0.1, -0.05) is 0 Å². The van der Waals surface area contributed by atoms with Gasteiger partial charge in [-0.2, -0.15) is 0 Å². The number of nitrogens with one attached hydrogen (secondary N) is 1. The molecule has 1 N–H and O–H groups in total. The van der Waals surface area contributed by atoms with E-state index in [1.165, 1.54) is 12.1 Å². The summed E-state index contributed by atoms with van der Waals surface area (Å²) in [7, 11) is 0. The Morgan fingerprint density at radius 1 is 1.38 bits per heavy atom. The molecular weight excluding hydrogens is 209 g/mol. The Morgan fingerprint density at radius 3 is 2.69 bits per heavy atom. The Balaban J connectivity index is 1.63. The van der Waals surface area contributed by atoms with E-state index in [1.807, 2.05) is 0 Å². The van der Waals surface area contributed by atoms with Gasteiger partial charge in [0.2, 0.25) is 5.91 Å². The lowest BCUT2D eigenvalue weighted by Crippen LogP contribution is -2.29. The standard InChI is InChI=1S/C12H14FNO2/c13-10-3-5-11(6-4-10)16-8-7-14-12(15)9-1-2-9/h3-6,9H,1-2,7-8H2,(H,14,15). The first kappa shape index (κ1) is 10.9. The van der Waals surface area contributed by atoms with Crippen molar-refractivity contribution in [1.29, 1.82) is 0 Å². The Kier molecular flexibility index (Phi) is 3.39. The van der Waals surface area contributed by atoms with E-state index in [1.54, 1.807) is 12.1 Å². The summed E-state index contributed by atoms with van der Waals surface area (Å²) in [6.07, 6.45) is 2.01. The summed E-state index contributed by atoms with van der Waals surface area (Å²) in [5.41, 5.74) is 0. The van der Waals surface area contributed by atoms with Crippen LogP contribution in [0.1, 0.15) is 12.8 Å². The van der Waals surface area contributed by atoms with E-state index in [9.17, 15) is 9.18 Å². The number of carbonyl (C=O) groups is 1. The third-order valence-electron chi connectivity index (χ3n) is 2.43. The number of ether oxygens (including phenoxy) is 1. The largest absolute Gasteiger partial charge is 0.492 e. The van der Waals surface area contributed by atoms with Crippen molar-refractivity contribution in [3.8, 4) is 5.75 Å². The molecule has 0 unspecified atom stereocenters. The molecule has 1 aromatic carbocycles. The summed E-state index contributed by atoms with van der Waals surface area (Å²) in [5.74, 6) is 0.671. The van der Waals surface area contributed by atoms with Gasteiger partial charge in [-0.25, -0.2) is 4.39 Å². The molecule has 1 aliphatic rings. The van der Waals surface area contributed by atoms with Crippen LogP contribution in [0.4, 0.5) is 4.39 Å². The van der Waals surface area contributed by atoms with Crippen molar-refractivity contribution < 1.29 is 13.9 Å². The van der Waals surface area contributed by atoms with E-state index in [2.05, 4.69) is 5.32 Å². The predicted octanol–water partition coefficient (Wildman–Crippen LogP) is 1.73. The van der Waals surface area contributed by atoms with Crippen molar-refractivity contribution in [2.75, 3.05) is 13.2 Å². The smallest absolute Gasteiger partial charge is 0.223 e. The average Bonchev–Trinajstić information content (AvgIpc) is 3.10. The fourth-order valence-corrected chi connectivity index (χ4v) is 1.36. The highest BCUT2D eigenvalue weighted by Crippen LogP contribution is 2.28. The van der Waals surface area contributed by atoms with Crippen LogP contribution >= 0.6 is 0 Å². The molecule has 2 rings (SSSR count). The van der Waals surface area contributed by atoms with Crippen molar-refractivity contribution in [2.45, 2.75) is 12.8 Å². The fraction of sp³-hybridized carbons (Fsp3) is 0.417. The van der Waals surface area contributed by atoms with E-state index < -0.39 is 0 Å². The summed E-state index contributed by atoms with van der Waals surface area (Å²) in [4.78, 5) is 11.2. The molecule has 1 saturated carbocycles. The number of benzene rings is 1. The van der Waals surface area contributed by atoms with Crippen LogP contribution in [0.5, 0.6) is 5.75 Å². The maximum Gasteiger partial charge on any atom is 0.223 e. The monoisotopic (exact) mass is 223 g/mol. The second kappa shape index (κ2) is 4.96. The normalized spacial score (nSPS) is 14.6. The quantitative estimate of drug-likeness (QED) is 0.772. The summed E-state index contributed by atoms with van der Waals surface area (Å²) in [6.45, 7) is 0.900. The molecule has 0 saturated heterocycles.